The fourth-order valence-electron chi connectivity index (χ4n) is 3.59. The third-order valence-corrected chi connectivity index (χ3v) is 4.78. The SMILES string of the molecule is Cc1cnc(C)c(N2CCC3(CC2)CC(C)(O)CCO3)n1. The number of rotatable bonds is 1. The Morgan fingerprint density at radius 1 is 1.24 bits per heavy atom. The number of ether oxygens (including phenoxy) is 1. The number of hydrogen-bond donors (Lipinski definition) is 1. The second-order valence-corrected chi connectivity index (χ2v) is 6.86. The van der Waals surface area contributed by atoms with Gasteiger partial charge in [-0.15, -0.1) is 0 Å². The molecule has 5 heteroatoms. The Hall–Kier alpha value is -1.20. The smallest absolute Gasteiger partial charge is 0.150 e. The molecule has 1 unspecified atom stereocenters. The first-order chi connectivity index (χ1) is 9.89. The van der Waals surface area contributed by atoms with Gasteiger partial charge in [0, 0.05) is 25.7 Å². The lowest BCUT2D eigenvalue weighted by Crippen LogP contribution is -2.53. The van der Waals surface area contributed by atoms with E-state index in [0.29, 0.717) is 6.61 Å². The van der Waals surface area contributed by atoms with Gasteiger partial charge in [-0.2, -0.15) is 0 Å². The van der Waals surface area contributed by atoms with Gasteiger partial charge in [0.1, 0.15) is 5.82 Å². The summed E-state index contributed by atoms with van der Waals surface area (Å²) in [4.78, 5) is 11.3. The van der Waals surface area contributed by atoms with Crippen LogP contribution in [0.15, 0.2) is 6.20 Å². The minimum atomic E-state index is -0.584. The van der Waals surface area contributed by atoms with Gasteiger partial charge in [0.05, 0.1) is 29.2 Å². The van der Waals surface area contributed by atoms with E-state index in [9.17, 15) is 5.11 Å². The van der Waals surface area contributed by atoms with Gasteiger partial charge in [-0.25, -0.2) is 4.98 Å². The average molecular weight is 291 g/mol. The molecule has 1 aromatic rings. The standard InChI is InChI=1S/C16H25N3O2/c1-12-10-17-13(2)14(18-12)19-7-4-16(5-8-19)11-15(3,20)6-9-21-16/h10,20H,4-9,11H2,1-3H3. The van der Waals surface area contributed by atoms with E-state index in [1.54, 1.807) is 0 Å². The number of piperidine rings is 1. The minimum Gasteiger partial charge on any atom is -0.390 e. The summed E-state index contributed by atoms with van der Waals surface area (Å²) in [7, 11) is 0. The second-order valence-electron chi connectivity index (χ2n) is 6.86. The summed E-state index contributed by atoms with van der Waals surface area (Å²) >= 11 is 0. The molecule has 0 radical (unpaired) electrons. The first-order valence-corrected chi connectivity index (χ1v) is 7.81. The highest BCUT2D eigenvalue weighted by Gasteiger charge is 2.44. The maximum absolute atomic E-state index is 10.3. The second kappa shape index (κ2) is 5.21. The van der Waals surface area contributed by atoms with E-state index in [4.69, 9.17) is 4.74 Å². The van der Waals surface area contributed by atoms with Crippen LogP contribution in [0.4, 0.5) is 5.82 Å². The monoisotopic (exact) mass is 291 g/mol. The van der Waals surface area contributed by atoms with Crippen molar-refractivity contribution in [2.24, 2.45) is 0 Å². The van der Waals surface area contributed by atoms with Crippen molar-refractivity contribution in [3.8, 4) is 0 Å². The third-order valence-electron chi connectivity index (χ3n) is 4.78. The molecule has 3 heterocycles. The van der Waals surface area contributed by atoms with Crippen LogP contribution in [0.25, 0.3) is 0 Å². The summed E-state index contributed by atoms with van der Waals surface area (Å²) in [6.07, 6.45) is 5.18. The van der Waals surface area contributed by atoms with Gasteiger partial charge in [-0.1, -0.05) is 0 Å². The third kappa shape index (κ3) is 3.04. The van der Waals surface area contributed by atoms with Crippen LogP contribution < -0.4 is 4.90 Å². The molecule has 21 heavy (non-hydrogen) atoms. The largest absolute Gasteiger partial charge is 0.390 e. The zero-order valence-corrected chi connectivity index (χ0v) is 13.2. The van der Waals surface area contributed by atoms with E-state index in [1.807, 2.05) is 27.0 Å². The molecule has 1 N–H and O–H groups in total. The van der Waals surface area contributed by atoms with Gasteiger partial charge < -0.3 is 14.7 Å². The first kappa shape index (κ1) is 14.7. The molecule has 2 aliphatic rings. The molecule has 0 saturated carbocycles. The lowest BCUT2D eigenvalue weighted by atomic mass is 9.78. The fourth-order valence-corrected chi connectivity index (χ4v) is 3.59. The lowest BCUT2D eigenvalue weighted by Gasteiger charge is -2.48. The Labute approximate surface area is 126 Å². The Balaban J connectivity index is 1.71. The number of nitrogens with zero attached hydrogens (tertiary/aromatic N) is 3. The van der Waals surface area contributed by atoms with Crippen molar-refractivity contribution in [2.45, 2.75) is 57.7 Å². The molecule has 2 saturated heterocycles. The molecule has 5 nitrogen and oxygen atoms in total. The van der Waals surface area contributed by atoms with Crippen molar-refractivity contribution >= 4 is 5.82 Å². The van der Waals surface area contributed by atoms with Gasteiger partial charge in [-0.05, 0) is 40.0 Å². The Morgan fingerprint density at radius 3 is 2.62 bits per heavy atom. The van der Waals surface area contributed by atoms with Crippen LogP contribution in [0.3, 0.4) is 0 Å². The normalized spacial score (nSPS) is 28.9. The molecule has 0 amide bonds. The van der Waals surface area contributed by atoms with Crippen molar-refractivity contribution in [1.29, 1.82) is 0 Å². The predicted octanol–water partition coefficient (Wildman–Crippen LogP) is 1.99. The van der Waals surface area contributed by atoms with Crippen LogP contribution in [0.2, 0.25) is 0 Å². The lowest BCUT2D eigenvalue weighted by molar-refractivity contribution is -0.162. The zero-order valence-electron chi connectivity index (χ0n) is 13.2. The fraction of sp³-hybridized carbons (Fsp3) is 0.750. The number of anilines is 1. The van der Waals surface area contributed by atoms with E-state index in [1.165, 1.54) is 0 Å². The molecule has 1 aromatic heterocycles. The van der Waals surface area contributed by atoms with Gasteiger partial charge in [0.2, 0.25) is 0 Å². The molecule has 2 fully saturated rings. The van der Waals surface area contributed by atoms with Crippen LogP contribution in [0.5, 0.6) is 0 Å². The summed E-state index contributed by atoms with van der Waals surface area (Å²) in [6, 6.07) is 0. The minimum absolute atomic E-state index is 0.149. The van der Waals surface area contributed by atoms with Crippen molar-refractivity contribution in [3.63, 3.8) is 0 Å². The molecule has 0 aromatic carbocycles. The summed E-state index contributed by atoms with van der Waals surface area (Å²) in [6.45, 7) is 8.40. The summed E-state index contributed by atoms with van der Waals surface area (Å²) in [5.41, 5.74) is 1.20. The number of aryl methyl sites for hydroxylation is 2. The molecule has 116 valence electrons. The Bertz CT molecular complexity index is 522. The molecule has 1 spiro atoms. The molecular formula is C16H25N3O2. The van der Waals surface area contributed by atoms with Gasteiger partial charge in [0.25, 0.3) is 0 Å². The number of aromatic nitrogens is 2. The Morgan fingerprint density at radius 2 is 1.95 bits per heavy atom. The first-order valence-electron chi connectivity index (χ1n) is 7.81. The molecular weight excluding hydrogens is 266 g/mol. The highest BCUT2D eigenvalue weighted by Crippen LogP contribution is 2.40. The Kier molecular flexibility index (Phi) is 3.66. The van der Waals surface area contributed by atoms with Crippen LogP contribution in [0, 0.1) is 13.8 Å². The quantitative estimate of drug-likeness (QED) is 0.857. The van der Waals surface area contributed by atoms with Crippen LogP contribution in [-0.2, 0) is 4.74 Å². The van der Waals surface area contributed by atoms with Crippen LogP contribution in [0.1, 0.15) is 44.0 Å². The van der Waals surface area contributed by atoms with Gasteiger partial charge in [0.15, 0.2) is 0 Å². The predicted molar refractivity (Wildman–Crippen MR) is 81.5 cm³/mol. The maximum Gasteiger partial charge on any atom is 0.150 e. The van der Waals surface area contributed by atoms with E-state index in [2.05, 4.69) is 14.9 Å². The van der Waals surface area contributed by atoms with E-state index < -0.39 is 5.60 Å². The topological polar surface area (TPSA) is 58.5 Å². The highest BCUT2D eigenvalue weighted by molar-refractivity contribution is 5.44. The van der Waals surface area contributed by atoms with Gasteiger partial charge >= 0.3 is 0 Å². The molecule has 0 aliphatic carbocycles. The molecule has 0 bridgehead atoms. The van der Waals surface area contributed by atoms with E-state index in [-0.39, 0.29) is 5.60 Å². The summed E-state index contributed by atoms with van der Waals surface area (Å²) in [5, 5.41) is 10.3. The zero-order chi connectivity index (χ0) is 15.1. The number of hydrogen-bond acceptors (Lipinski definition) is 5. The molecule has 3 rings (SSSR count). The van der Waals surface area contributed by atoms with Crippen LogP contribution >= 0.6 is 0 Å². The van der Waals surface area contributed by atoms with E-state index in [0.717, 1.165) is 56.0 Å². The molecule has 1 atom stereocenters. The van der Waals surface area contributed by atoms with E-state index >= 15 is 0 Å². The van der Waals surface area contributed by atoms with Crippen molar-refractivity contribution in [2.75, 3.05) is 24.6 Å². The number of aliphatic hydroxyl groups is 1. The van der Waals surface area contributed by atoms with Crippen molar-refractivity contribution in [1.82, 2.24) is 9.97 Å². The van der Waals surface area contributed by atoms with Crippen molar-refractivity contribution < 1.29 is 9.84 Å². The molecule has 2 aliphatic heterocycles. The maximum atomic E-state index is 10.3. The summed E-state index contributed by atoms with van der Waals surface area (Å²) < 4.78 is 6.06. The summed E-state index contributed by atoms with van der Waals surface area (Å²) in [5.74, 6) is 0.993. The highest BCUT2D eigenvalue weighted by atomic mass is 16.5. The van der Waals surface area contributed by atoms with Crippen molar-refractivity contribution in [3.05, 3.63) is 17.6 Å². The van der Waals surface area contributed by atoms with Gasteiger partial charge in [-0.3, -0.25) is 4.98 Å². The average Bonchev–Trinajstić information content (AvgIpc) is 2.41. The van der Waals surface area contributed by atoms with Crippen LogP contribution in [-0.4, -0.2) is 46.0 Å².